The average molecular weight is 418 g/mol. The van der Waals surface area contributed by atoms with Crippen molar-refractivity contribution in [2.75, 3.05) is 6.61 Å². The summed E-state index contributed by atoms with van der Waals surface area (Å²) in [5, 5.41) is 10.4. The fourth-order valence-corrected chi connectivity index (χ4v) is 2.65. The third kappa shape index (κ3) is 5.16. The number of nitrogens with zero attached hydrogens (tertiary/aromatic N) is 1. The van der Waals surface area contributed by atoms with Gasteiger partial charge in [0.05, 0.1) is 22.7 Å². The van der Waals surface area contributed by atoms with Crippen LogP contribution in [0, 0.1) is 5.82 Å². The van der Waals surface area contributed by atoms with Gasteiger partial charge in [-0.25, -0.2) is 4.39 Å². The van der Waals surface area contributed by atoms with Gasteiger partial charge >= 0.3 is 6.18 Å². The van der Waals surface area contributed by atoms with E-state index >= 15 is 0 Å². The summed E-state index contributed by atoms with van der Waals surface area (Å²) in [6.07, 6.45) is -3.08. The van der Waals surface area contributed by atoms with Gasteiger partial charge in [0.25, 0.3) is 6.47 Å². The van der Waals surface area contributed by atoms with E-state index in [1.54, 1.807) is 23.8 Å². The smallest absolute Gasteiger partial charge is 0.419 e. The highest BCUT2D eigenvalue weighted by Crippen LogP contribution is 2.33. The van der Waals surface area contributed by atoms with Crippen LogP contribution in [0.4, 0.5) is 17.6 Å². The Morgan fingerprint density at radius 2 is 1.93 bits per heavy atom. The quantitative estimate of drug-likeness (QED) is 0.457. The standard InChI is InChI=1S/C16H10ClF4NO.C3H6O2/c17-12-7-14-10(6-15(12)23)3-4-22(14)8-9-1-2-13(18)11(5-9)16(19,20)21;1-2-5-3-4/h1-7,23H,8H2;3H,2H2,1H3. The van der Waals surface area contributed by atoms with Crippen LogP contribution >= 0.6 is 11.6 Å². The van der Waals surface area contributed by atoms with E-state index in [1.165, 1.54) is 18.2 Å². The number of carbonyl (C=O) groups is 1. The molecule has 0 amide bonds. The van der Waals surface area contributed by atoms with E-state index in [-0.39, 0.29) is 17.3 Å². The number of benzene rings is 2. The lowest BCUT2D eigenvalue weighted by Gasteiger charge is -2.11. The lowest BCUT2D eigenvalue weighted by atomic mass is 10.1. The molecular weight excluding hydrogens is 402 g/mol. The van der Waals surface area contributed by atoms with Gasteiger partial charge in [-0.15, -0.1) is 0 Å². The van der Waals surface area contributed by atoms with Crippen molar-refractivity contribution in [2.45, 2.75) is 19.6 Å². The number of halogens is 5. The first-order chi connectivity index (χ1) is 13.2. The molecule has 0 unspecified atom stereocenters. The Labute approximate surface area is 162 Å². The van der Waals surface area contributed by atoms with Crippen LogP contribution in [0.2, 0.25) is 5.02 Å². The Balaban J connectivity index is 0.000000500. The number of hydrogen-bond donors (Lipinski definition) is 1. The molecule has 0 bridgehead atoms. The highest BCUT2D eigenvalue weighted by molar-refractivity contribution is 6.32. The van der Waals surface area contributed by atoms with Crippen LogP contribution in [0.15, 0.2) is 42.6 Å². The number of carbonyl (C=O) groups excluding carboxylic acids is 1. The Bertz CT molecular complexity index is 970. The van der Waals surface area contributed by atoms with E-state index < -0.39 is 17.6 Å². The monoisotopic (exact) mass is 417 g/mol. The Morgan fingerprint density at radius 3 is 2.50 bits per heavy atom. The van der Waals surface area contributed by atoms with Gasteiger partial charge in [-0.05, 0) is 42.8 Å². The van der Waals surface area contributed by atoms with Crippen LogP contribution in [0.3, 0.4) is 0 Å². The Kier molecular flexibility index (Phi) is 6.90. The molecule has 1 aromatic heterocycles. The first-order valence-electron chi connectivity index (χ1n) is 8.05. The molecule has 0 aliphatic carbocycles. The summed E-state index contributed by atoms with van der Waals surface area (Å²) in [7, 11) is 0. The largest absolute Gasteiger partial charge is 0.506 e. The molecule has 0 saturated heterocycles. The van der Waals surface area contributed by atoms with Crippen LogP contribution in [0.5, 0.6) is 5.75 Å². The molecule has 28 heavy (non-hydrogen) atoms. The molecule has 0 radical (unpaired) electrons. The first kappa shape index (κ1) is 21.6. The molecule has 0 saturated carbocycles. The second-order valence-corrected chi connectivity index (χ2v) is 6.08. The minimum absolute atomic E-state index is 0.0712. The topological polar surface area (TPSA) is 51.5 Å². The van der Waals surface area contributed by atoms with E-state index in [2.05, 4.69) is 4.74 Å². The summed E-state index contributed by atoms with van der Waals surface area (Å²) in [6, 6.07) is 7.62. The number of ether oxygens (including phenoxy) is 1. The molecule has 1 N–H and O–H groups in total. The lowest BCUT2D eigenvalue weighted by Crippen LogP contribution is -2.09. The van der Waals surface area contributed by atoms with Crippen molar-refractivity contribution in [3.8, 4) is 5.75 Å². The molecule has 0 spiro atoms. The molecule has 0 aliphatic rings. The normalized spacial score (nSPS) is 11.1. The first-order valence-corrected chi connectivity index (χ1v) is 8.43. The zero-order valence-corrected chi connectivity index (χ0v) is 15.4. The van der Waals surface area contributed by atoms with Gasteiger partial charge < -0.3 is 14.4 Å². The zero-order chi connectivity index (χ0) is 20.9. The van der Waals surface area contributed by atoms with Gasteiger partial charge in [-0.3, -0.25) is 4.79 Å². The molecule has 4 nitrogen and oxygen atoms in total. The molecular formula is C19H16ClF4NO3. The van der Waals surface area contributed by atoms with Gasteiger partial charge in [0, 0.05) is 18.1 Å². The van der Waals surface area contributed by atoms with E-state index in [0.717, 1.165) is 12.1 Å². The van der Waals surface area contributed by atoms with Gasteiger partial charge in [-0.2, -0.15) is 13.2 Å². The van der Waals surface area contributed by atoms with Crippen LogP contribution < -0.4 is 0 Å². The third-order valence-corrected chi connectivity index (χ3v) is 4.07. The van der Waals surface area contributed by atoms with Crippen LogP contribution in [0.25, 0.3) is 10.9 Å². The Morgan fingerprint density at radius 1 is 1.21 bits per heavy atom. The second-order valence-electron chi connectivity index (χ2n) is 5.67. The maximum Gasteiger partial charge on any atom is 0.419 e. The summed E-state index contributed by atoms with van der Waals surface area (Å²) in [5.74, 6) is -1.37. The number of rotatable bonds is 4. The molecule has 9 heteroatoms. The predicted molar refractivity (Wildman–Crippen MR) is 96.8 cm³/mol. The van der Waals surface area contributed by atoms with Crippen molar-refractivity contribution in [1.82, 2.24) is 4.57 Å². The van der Waals surface area contributed by atoms with Crippen LogP contribution in [-0.4, -0.2) is 22.8 Å². The minimum atomic E-state index is -4.74. The summed E-state index contributed by atoms with van der Waals surface area (Å²) >= 11 is 5.86. The van der Waals surface area contributed by atoms with E-state index in [9.17, 15) is 27.5 Å². The number of fused-ring (bicyclic) bond motifs is 1. The van der Waals surface area contributed by atoms with Crippen molar-refractivity contribution < 1.29 is 32.2 Å². The SMILES string of the molecule is CCOC=O.Oc1cc2ccn(Cc3ccc(F)c(C(F)(F)F)c3)c2cc1Cl. The van der Waals surface area contributed by atoms with E-state index in [0.29, 0.717) is 29.5 Å². The van der Waals surface area contributed by atoms with Crippen molar-refractivity contribution in [3.63, 3.8) is 0 Å². The maximum atomic E-state index is 13.3. The van der Waals surface area contributed by atoms with Crippen molar-refractivity contribution in [2.24, 2.45) is 0 Å². The number of aromatic hydroxyl groups is 1. The summed E-state index contributed by atoms with van der Waals surface area (Å²) in [6.45, 7) is 2.78. The second kappa shape index (κ2) is 8.97. The molecule has 3 aromatic rings. The zero-order valence-electron chi connectivity index (χ0n) is 14.6. The summed E-state index contributed by atoms with van der Waals surface area (Å²) in [4.78, 5) is 9.18. The summed E-state index contributed by atoms with van der Waals surface area (Å²) < 4.78 is 57.4. The van der Waals surface area contributed by atoms with Crippen molar-refractivity contribution in [3.05, 3.63) is 64.6 Å². The summed E-state index contributed by atoms with van der Waals surface area (Å²) in [5.41, 5.74) is -0.326. The molecule has 2 aromatic carbocycles. The lowest BCUT2D eigenvalue weighted by molar-refractivity contribution is -0.140. The van der Waals surface area contributed by atoms with Gasteiger partial charge in [0.15, 0.2) is 0 Å². The van der Waals surface area contributed by atoms with Crippen LogP contribution in [0.1, 0.15) is 18.1 Å². The molecule has 1 heterocycles. The number of alkyl halides is 3. The Hall–Kier alpha value is -2.74. The molecule has 0 aliphatic heterocycles. The van der Waals surface area contributed by atoms with Gasteiger partial charge in [-0.1, -0.05) is 17.7 Å². The third-order valence-electron chi connectivity index (χ3n) is 3.76. The molecule has 0 fully saturated rings. The number of hydrogen-bond acceptors (Lipinski definition) is 3. The van der Waals surface area contributed by atoms with Gasteiger partial charge in [0.1, 0.15) is 11.6 Å². The molecule has 150 valence electrons. The number of phenolic OH excluding ortho intramolecular Hbond substituents is 1. The van der Waals surface area contributed by atoms with Crippen molar-refractivity contribution in [1.29, 1.82) is 0 Å². The van der Waals surface area contributed by atoms with E-state index in [1.807, 2.05) is 0 Å². The predicted octanol–water partition coefficient (Wildman–Crippen LogP) is 5.39. The van der Waals surface area contributed by atoms with Crippen molar-refractivity contribution >= 4 is 29.0 Å². The minimum Gasteiger partial charge on any atom is -0.506 e. The van der Waals surface area contributed by atoms with Gasteiger partial charge in [0.2, 0.25) is 0 Å². The molecule has 0 atom stereocenters. The fourth-order valence-electron chi connectivity index (χ4n) is 2.49. The average Bonchev–Trinajstić information content (AvgIpc) is 2.99. The number of aromatic nitrogens is 1. The van der Waals surface area contributed by atoms with E-state index in [4.69, 9.17) is 11.6 Å². The highest BCUT2D eigenvalue weighted by atomic mass is 35.5. The number of phenols is 1. The highest BCUT2D eigenvalue weighted by Gasteiger charge is 2.34. The fraction of sp³-hybridized carbons (Fsp3) is 0.211. The maximum absolute atomic E-state index is 13.3. The van der Waals surface area contributed by atoms with Crippen LogP contribution in [-0.2, 0) is 22.3 Å². The molecule has 3 rings (SSSR count).